The Morgan fingerprint density at radius 2 is 1.62 bits per heavy atom. The highest BCUT2D eigenvalue weighted by Gasteiger charge is 2.19. The van der Waals surface area contributed by atoms with E-state index in [1.54, 1.807) is 7.05 Å². The van der Waals surface area contributed by atoms with Crippen molar-refractivity contribution in [2.24, 2.45) is 0 Å². The number of nitrogens with one attached hydrogen (secondary N) is 1. The number of methoxy groups -OCH3 is 4. The molecule has 0 spiro atoms. The van der Waals surface area contributed by atoms with Crippen LogP contribution in [0.4, 0.5) is 0 Å². The van der Waals surface area contributed by atoms with Crippen molar-refractivity contribution < 1.29 is 28.5 Å². The number of rotatable bonds is 6. The van der Waals surface area contributed by atoms with Crippen LogP contribution in [0.2, 0.25) is 0 Å². The summed E-state index contributed by atoms with van der Waals surface area (Å²) in [7, 11) is 7.21. The molecule has 0 aliphatic heterocycles. The van der Waals surface area contributed by atoms with Gasteiger partial charge < -0.3 is 23.8 Å². The van der Waals surface area contributed by atoms with Gasteiger partial charge in [0.15, 0.2) is 16.6 Å². The average Bonchev–Trinajstić information content (AvgIpc) is 2.59. The number of ether oxygens (including phenoxy) is 4. The molecule has 0 unspecified atom stereocenters. The Morgan fingerprint density at radius 3 is 2.04 bits per heavy atom. The molecule has 0 bridgehead atoms. The molecule has 0 aliphatic rings. The quantitative estimate of drug-likeness (QED) is 0.593. The molecule has 8 nitrogen and oxygen atoms in total. The van der Waals surface area contributed by atoms with Crippen LogP contribution < -0.4 is 19.5 Å². The summed E-state index contributed by atoms with van der Waals surface area (Å²) in [5.41, 5.74) is 0.262. The average molecular weight is 356 g/mol. The Morgan fingerprint density at radius 1 is 1.08 bits per heavy atom. The largest absolute Gasteiger partial charge is 0.493 e. The molecule has 0 atom stereocenters. The number of amides is 1. The van der Waals surface area contributed by atoms with Gasteiger partial charge in [-0.3, -0.25) is 14.9 Å². The maximum absolute atomic E-state index is 12.4. The lowest BCUT2D eigenvalue weighted by atomic mass is 10.1. The van der Waals surface area contributed by atoms with E-state index in [-0.39, 0.29) is 17.2 Å². The third-order valence-electron chi connectivity index (χ3n) is 3.09. The number of thiocarbonyl (C=S) groups is 1. The number of hydrogen-bond donors (Lipinski definition) is 1. The van der Waals surface area contributed by atoms with Crippen molar-refractivity contribution in [2.75, 3.05) is 42.0 Å². The molecule has 0 aromatic heterocycles. The summed E-state index contributed by atoms with van der Waals surface area (Å²) >= 11 is 5.09. The fraction of sp³-hybridized carbons (Fsp3) is 0.400. The van der Waals surface area contributed by atoms with Crippen LogP contribution in [0.25, 0.3) is 0 Å². The Kier molecular flexibility index (Phi) is 7.25. The van der Waals surface area contributed by atoms with Crippen LogP contribution in [-0.4, -0.2) is 63.9 Å². The topological polar surface area (TPSA) is 86.3 Å². The first-order valence-corrected chi connectivity index (χ1v) is 7.22. The molecule has 0 heterocycles. The zero-order chi connectivity index (χ0) is 18.3. The fourth-order valence-electron chi connectivity index (χ4n) is 1.81. The highest BCUT2D eigenvalue weighted by molar-refractivity contribution is 7.80. The molecule has 1 N–H and O–H groups in total. The molecule has 9 heteroatoms. The summed E-state index contributed by atoms with van der Waals surface area (Å²) in [6, 6.07) is 3.00. The summed E-state index contributed by atoms with van der Waals surface area (Å²) in [5, 5.41) is 2.61. The second-order valence-electron chi connectivity index (χ2n) is 4.61. The van der Waals surface area contributed by atoms with Gasteiger partial charge in [0.2, 0.25) is 5.75 Å². The van der Waals surface area contributed by atoms with Crippen LogP contribution in [0.3, 0.4) is 0 Å². The minimum absolute atomic E-state index is 0.0785. The van der Waals surface area contributed by atoms with Gasteiger partial charge in [-0.2, -0.15) is 0 Å². The lowest BCUT2D eigenvalue weighted by Crippen LogP contribution is -2.42. The molecule has 0 fully saturated rings. The number of benzene rings is 1. The Balaban J connectivity index is 2.95. The first kappa shape index (κ1) is 19.5. The van der Waals surface area contributed by atoms with Crippen molar-refractivity contribution in [1.29, 1.82) is 0 Å². The van der Waals surface area contributed by atoms with Crippen LogP contribution in [0.15, 0.2) is 12.1 Å². The van der Waals surface area contributed by atoms with Gasteiger partial charge in [-0.25, -0.2) is 0 Å². The van der Waals surface area contributed by atoms with E-state index in [4.69, 9.17) is 26.4 Å². The van der Waals surface area contributed by atoms with Crippen molar-refractivity contribution in [3.05, 3.63) is 17.7 Å². The smallest absolute Gasteiger partial charge is 0.325 e. The standard InChI is InChI=1S/C15H20N2O6S/c1-17(8-12(18)22-4)15(24)16-14(19)9-6-10(20-2)13(23-5)11(7-9)21-3/h6-7H,8H2,1-5H3,(H,16,19,24). The molecule has 0 saturated heterocycles. The first-order chi connectivity index (χ1) is 11.4. The number of esters is 1. The van der Waals surface area contributed by atoms with Crippen molar-refractivity contribution in [3.8, 4) is 17.2 Å². The van der Waals surface area contributed by atoms with Crippen LogP contribution in [0.1, 0.15) is 10.4 Å². The predicted molar refractivity (Wildman–Crippen MR) is 90.8 cm³/mol. The molecule has 1 aromatic carbocycles. The van der Waals surface area contributed by atoms with Gasteiger partial charge in [0.05, 0.1) is 28.4 Å². The van der Waals surface area contributed by atoms with Crippen molar-refractivity contribution >= 4 is 29.2 Å². The molecule has 0 radical (unpaired) electrons. The second kappa shape index (κ2) is 8.92. The van der Waals surface area contributed by atoms with Crippen LogP contribution in [0.5, 0.6) is 17.2 Å². The van der Waals surface area contributed by atoms with Gasteiger partial charge in [0.1, 0.15) is 6.54 Å². The van der Waals surface area contributed by atoms with Crippen LogP contribution >= 0.6 is 12.2 Å². The highest BCUT2D eigenvalue weighted by atomic mass is 32.1. The van der Waals surface area contributed by atoms with E-state index in [9.17, 15) is 9.59 Å². The third kappa shape index (κ3) is 4.72. The summed E-state index contributed by atoms with van der Waals surface area (Å²) in [4.78, 5) is 25.0. The number of hydrogen-bond acceptors (Lipinski definition) is 7. The Bertz CT molecular complexity index is 609. The first-order valence-electron chi connectivity index (χ1n) is 6.81. The fourth-order valence-corrected chi connectivity index (χ4v) is 1.96. The maximum atomic E-state index is 12.4. The molecule has 0 saturated carbocycles. The monoisotopic (exact) mass is 356 g/mol. The minimum atomic E-state index is -0.476. The van der Waals surface area contributed by atoms with Crippen LogP contribution in [0, 0.1) is 0 Å². The van der Waals surface area contributed by atoms with E-state index in [1.807, 2.05) is 0 Å². The van der Waals surface area contributed by atoms with E-state index in [2.05, 4.69) is 10.1 Å². The molecule has 1 amide bonds. The zero-order valence-corrected chi connectivity index (χ0v) is 15.0. The van der Waals surface area contributed by atoms with E-state index < -0.39 is 11.9 Å². The van der Waals surface area contributed by atoms with E-state index in [0.29, 0.717) is 17.2 Å². The summed E-state index contributed by atoms with van der Waals surface area (Å²) in [6.07, 6.45) is 0. The Hall–Kier alpha value is -2.55. The molecule has 1 aromatic rings. The molecule has 1 rings (SSSR count). The molecule has 24 heavy (non-hydrogen) atoms. The minimum Gasteiger partial charge on any atom is -0.493 e. The van der Waals surface area contributed by atoms with E-state index >= 15 is 0 Å². The zero-order valence-electron chi connectivity index (χ0n) is 14.2. The number of carbonyl (C=O) groups is 2. The van der Waals surface area contributed by atoms with E-state index in [1.165, 1.54) is 45.5 Å². The molecule has 132 valence electrons. The summed E-state index contributed by atoms with van der Waals surface area (Å²) in [5.74, 6) is 0.117. The number of carbonyl (C=O) groups excluding carboxylic acids is 2. The van der Waals surface area contributed by atoms with Gasteiger partial charge in [-0.1, -0.05) is 0 Å². The van der Waals surface area contributed by atoms with Crippen LogP contribution in [-0.2, 0) is 9.53 Å². The van der Waals surface area contributed by atoms with Crippen molar-refractivity contribution in [3.63, 3.8) is 0 Å². The molecule has 0 aliphatic carbocycles. The maximum Gasteiger partial charge on any atom is 0.325 e. The number of likely N-dealkylation sites (N-methyl/N-ethyl adjacent to an activating group) is 1. The summed E-state index contributed by atoms with van der Waals surface area (Å²) in [6.45, 7) is -0.0785. The van der Waals surface area contributed by atoms with Crippen molar-refractivity contribution in [2.45, 2.75) is 0 Å². The van der Waals surface area contributed by atoms with Gasteiger partial charge in [-0.05, 0) is 24.4 Å². The molecular formula is C15H20N2O6S. The highest BCUT2D eigenvalue weighted by Crippen LogP contribution is 2.38. The SMILES string of the molecule is COC(=O)CN(C)C(=S)NC(=O)c1cc(OC)c(OC)c(OC)c1. The Labute approximate surface area is 145 Å². The van der Waals surface area contributed by atoms with Crippen molar-refractivity contribution in [1.82, 2.24) is 10.2 Å². The normalized spacial score (nSPS) is 9.71. The van der Waals surface area contributed by atoms with Gasteiger partial charge in [0.25, 0.3) is 5.91 Å². The number of nitrogens with zero attached hydrogens (tertiary/aromatic N) is 1. The van der Waals surface area contributed by atoms with Gasteiger partial charge in [0, 0.05) is 12.6 Å². The van der Waals surface area contributed by atoms with Gasteiger partial charge in [-0.15, -0.1) is 0 Å². The predicted octanol–water partition coefficient (Wildman–Crippen LogP) is 0.832. The lowest BCUT2D eigenvalue weighted by Gasteiger charge is -2.19. The van der Waals surface area contributed by atoms with E-state index in [0.717, 1.165) is 0 Å². The third-order valence-corrected chi connectivity index (χ3v) is 3.50. The summed E-state index contributed by atoms with van der Waals surface area (Å²) < 4.78 is 20.1. The molecular weight excluding hydrogens is 336 g/mol. The lowest BCUT2D eigenvalue weighted by molar-refractivity contribution is -0.140. The second-order valence-corrected chi connectivity index (χ2v) is 4.99. The van der Waals surface area contributed by atoms with Gasteiger partial charge >= 0.3 is 5.97 Å².